The minimum Gasteiger partial charge on any atom is -0.466 e. The standard InChI is InChI=1S/C14H14ClNO/c1-9-4-5-13(7-14(9)15)16-8-12-6-10(2)17-11(12)3/h4-8H,1-3H3. The maximum absolute atomic E-state index is 6.04. The van der Waals surface area contributed by atoms with Crippen LogP contribution in [-0.4, -0.2) is 6.21 Å². The van der Waals surface area contributed by atoms with Gasteiger partial charge in [0.1, 0.15) is 11.5 Å². The summed E-state index contributed by atoms with van der Waals surface area (Å²) < 4.78 is 5.43. The summed E-state index contributed by atoms with van der Waals surface area (Å²) in [7, 11) is 0. The maximum Gasteiger partial charge on any atom is 0.109 e. The normalized spacial score (nSPS) is 11.3. The first-order valence-electron chi connectivity index (χ1n) is 5.43. The molecule has 2 nitrogen and oxygen atoms in total. The third-order valence-electron chi connectivity index (χ3n) is 2.59. The van der Waals surface area contributed by atoms with Gasteiger partial charge in [-0.05, 0) is 44.5 Å². The zero-order chi connectivity index (χ0) is 12.4. The molecule has 17 heavy (non-hydrogen) atoms. The van der Waals surface area contributed by atoms with Crippen molar-refractivity contribution >= 4 is 23.5 Å². The van der Waals surface area contributed by atoms with Gasteiger partial charge in [0.05, 0.1) is 5.69 Å². The summed E-state index contributed by atoms with van der Waals surface area (Å²) in [5.74, 6) is 1.77. The van der Waals surface area contributed by atoms with Gasteiger partial charge in [-0.25, -0.2) is 0 Å². The molecule has 0 radical (unpaired) electrons. The van der Waals surface area contributed by atoms with E-state index in [0.717, 1.165) is 33.4 Å². The highest BCUT2D eigenvalue weighted by molar-refractivity contribution is 6.31. The predicted molar refractivity (Wildman–Crippen MR) is 71.6 cm³/mol. The average Bonchev–Trinajstić information content (AvgIpc) is 2.59. The number of hydrogen-bond donors (Lipinski definition) is 0. The molecule has 0 aliphatic rings. The number of benzene rings is 1. The van der Waals surface area contributed by atoms with Crippen LogP contribution in [0.4, 0.5) is 5.69 Å². The molecule has 1 aromatic carbocycles. The van der Waals surface area contributed by atoms with Crippen molar-refractivity contribution in [2.75, 3.05) is 0 Å². The first-order valence-corrected chi connectivity index (χ1v) is 5.81. The zero-order valence-corrected chi connectivity index (χ0v) is 10.9. The highest BCUT2D eigenvalue weighted by Gasteiger charge is 2.01. The van der Waals surface area contributed by atoms with Crippen LogP contribution < -0.4 is 0 Å². The highest BCUT2D eigenvalue weighted by atomic mass is 35.5. The van der Waals surface area contributed by atoms with E-state index in [1.54, 1.807) is 6.21 Å². The average molecular weight is 248 g/mol. The number of furan rings is 1. The van der Waals surface area contributed by atoms with E-state index >= 15 is 0 Å². The molecule has 0 fully saturated rings. The Bertz CT molecular complexity index is 570. The number of nitrogens with zero attached hydrogens (tertiary/aromatic N) is 1. The molecule has 0 bridgehead atoms. The second kappa shape index (κ2) is 4.76. The Morgan fingerprint density at radius 1 is 1.18 bits per heavy atom. The van der Waals surface area contributed by atoms with E-state index in [0.29, 0.717) is 0 Å². The van der Waals surface area contributed by atoms with Crippen LogP contribution in [0.3, 0.4) is 0 Å². The van der Waals surface area contributed by atoms with Gasteiger partial charge in [-0.1, -0.05) is 17.7 Å². The first-order chi connectivity index (χ1) is 8.06. The van der Waals surface area contributed by atoms with Crippen LogP contribution in [0.25, 0.3) is 0 Å². The van der Waals surface area contributed by atoms with Crippen LogP contribution in [0.5, 0.6) is 0 Å². The summed E-state index contributed by atoms with van der Waals surface area (Å²) in [4.78, 5) is 4.38. The Labute approximate surface area is 106 Å². The number of hydrogen-bond acceptors (Lipinski definition) is 2. The van der Waals surface area contributed by atoms with Crippen LogP contribution in [0, 0.1) is 20.8 Å². The molecule has 0 spiro atoms. The number of halogens is 1. The van der Waals surface area contributed by atoms with E-state index in [1.807, 2.05) is 45.0 Å². The maximum atomic E-state index is 6.04. The van der Waals surface area contributed by atoms with E-state index < -0.39 is 0 Å². The second-order valence-corrected chi connectivity index (χ2v) is 4.47. The third-order valence-corrected chi connectivity index (χ3v) is 2.99. The molecular formula is C14H14ClNO. The molecule has 0 saturated carbocycles. The van der Waals surface area contributed by atoms with Crippen LogP contribution in [0.2, 0.25) is 5.02 Å². The smallest absolute Gasteiger partial charge is 0.109 e. The van der Waals surface area contributed by atoms with Gasteiger partial charge in [-0.3, -0.25) is 4.99 Å². The van der Waals surface area contributed by atoms with Gasteiger partial charge in [0.15, 0.2) is 0 Å². The summed E-state index contributed by atoms with van der Waals surface area (Å²) in [5.41, 5.74) is 2.90. The van der Waals surface area contributed by atoms with Crippen molar-refractivity contribution in [1.82, 2.24) is 0 Å². The number of aliphatic imine (C=N–C) groups is 1. The van der Waals surface area contributed by atoms with Crippen molar-refractivity contribution in [2.45, 2.75) is 20.8 Å². The van der Waals surface area contributed by atoms with Crippen molar-refractivity contribution in [3.8, 4) is 0 Å². The molecular weight excluding hydrogens is 234 g/mol. The van der Waals surface area contributed by atoms with E-state index in [-0.39, 0.29) is 0 Å². The summed E-state index contributed by atoms with van der Waals surface area (Å²) in [6.45, 7) is 5.82. The fourth-order valence-electron chi connectivity index (χ4n) is 1.58. The monoisotopic (exact) mass is 247 g/mol. The molecule has 1 heterocycles. The molecule has 0 aliphatic carbocycles. The molecule has 88 valence electrons. The lowest BCUT2D eigenvalue weighted by Gasteiger charge is -1.98. The van der Waals surface area contributed by atoms with Crippen LogP contribution >= 0.6 is 11.6 Å². The van der Waals surface area contributed by atoms with Gasteiger partial charge in [-0.15, -0.1) is 0 Å². The van der Waals surface area contributed by atoms with Gasteiger partial charge in [0.2, 0.25) is 0 Å². The Morgan fingerprint density at radius 2 is 1.94 bits per heavy atom. The first kappa shape index (κ1) is 11.9. The van der Waals surface area contributed by atoms with Gasteiger partial charge < -0.3 is 4.42 Å². The van der Waals surface area contributed by atoms with E-state index in [4.69, 9.17) is 16.0 Å². The molecule has 0 N–H and O–H groups in total. The fourth-order valence-corrected chi connectivity index (χ4v) is 1.76. The summed E-state index contributed by atoms with van der Waals surface area (Å²) >= 11 is 6.04. The second-order valence-electron chi connectivity index (χ2n) is 4.06. The van der Waals surface area contributed by atoms with E-state index in [9.17, 15) is 0 Å². The van der Waals surface area contributed by atoms with Crippen LogP contribution in [-0.2, 0) is 0 Å². The molecule has 3 heteroatoms. The molecule has 0 unspecified atom stereocenters. The quantitative estimate of drug-likeness (QED) is 0.712. The lowest BCUT2D eigenvalue weighted by atomic mass is 10.2. The van der Waals surface area contributed by atoms with Crippen molar-refractivity contribution in [3.05, 3.63) is 51.9 Å². The lowest BCUT2D eigenvalue weighted by Crippen LogP contribution is -1.80. The summed E-state index contributed by atoms with van der Waals surface area (Å²) in [6, 6.07) is 7.73. The minimum absolute atomic E-state index is 0.736. The van der Waals surface area contributed by atoms with Gasteiger partial charge in [0.25, 0.3) is 0 Å². The van der Waals surface area contributed by atoms with Crippen molar-refractivity contribution in [2.24, 2.45) is 4.99 Å². The molecule has 1 aromatic heterocycles. The Hall–Kier alpha value is -1.54. The molecule has 2 aromatic rings. The number of aryl methyl sites for hydroxylation is 3. The fraction of sp³-hybridized carbons (Fsp3) is 0.214. The van der Waals surface area contributed by atoms with Gasteiger partial charge >= 0.3 is 0 Å². The molecule has 0 aliphatic heterocycles. The lowest BCUT2D eigenvalue weighted by molar-refractivity contribution is 0.504. The topological polar surface area (TPSA) is 25.5 Å². The van der Waals surface area contributed by atoms with E-state index in [2.05, 4.69) is 4.99 Å². The van der Waals surface area contributed by atoms with Gasteiger partial charge in [-0.2, -0.15) is 0 Å². The summed E-state index contributed by atoms with van der Waals surface area (Å²) in [5, 5.41) is 0.736. The Morgan fingerprint density at radius 3 is 2.53 bits per heavy atom. The van der Waals surface area contributed by atoms with Crippen LogP contribution in [0.1, 0.15) is 22.6 Å². The largest absolute Gasteiger partial charge is 0.466 e. The zero-order valence-electron chi connectivity index (χ0n) is 10.1. The van der Waals surface area contributed by atoms with Gasteiger partial charge in [0, 0.05) is 16.8 Å². The molecule has 2 rings (SSSR count). The SMILES string of the molecule is Cc1cc(C=Nc2ccc(C)c(Cl)c2)c(C)o1. The number of rotatable bonds is 2. The van der Waals surface area contributed by atoms with E-state index in [1.165, 1.54) is 0 Å². The van der Waals surface area contributed by atoms with Crippen molar-refractivity contribution < 1.29 is 4.42 Å². The van der Waals surface area contributed by atoms with Crippen molar-refractivity contribution in [3.63, 3.8) is 0 Å². The summed E-state index contributed by atoms with van der Waals surface area (Å²) in [6.07, 6.45) is 1.80. The van der Waals surface area contributed by atoms with Crippen LogP contribution in [0.15, 0.2) is 33.7 Å². The molecule has 0 amide bonds. The highest BCUT2D eigenvalue weighted by Crippen LogP contribution is 2.22. The van der Waals surface area contributed by atoms with Crippen molar-refractivity contribution in [1.29, 1.82) is 0 Å². The Balaban J connectivity index is 2.26. The molecule has 0 saturated heterocycles. The Kier molecular flexibility index (Phi) is 3.34. The third kappa shape index (κ3) is 2.77. The predicted octanol–water partition coefficient (Wildman–Crippen LogP) is 4.61. The minimum atomic E-state index is 0.736. The molecule has 0 atom stereocenters.